The minimum absolute atomic E-state index is 0.0203. The molecule has 0 saturated carbocycles. The van der Waals surface area contributed by atoms with Crippen molar-refractivity contribution in [3.05, 3.63) is 27.4 Å². The van der Waals surface area contributed by atoms with Gasteiger partial charge in [0.25, 0.3) is 0 Å². The Morgan fingerprint density at radius 1 is 1.50 bits per heavy atom. The maximum absolute atomic E-state index is 11.5. The second kappa shape index (κ2) is 6.97. The summed E-state index contributed by atoms with van der Waals surface area (Å²) in [7, 11) is 0. The molecule has 0 spiro atoms. The first-order valence-corrected chi connectivity index (χ1v) is 8.27. The van der Waals surface area contributed by atoms with Crippen molar-refractivity contribution in [2.75, 3.05) is 6.54 Å². The summed E-state index contributed by atoms with van der Waals surface area (Å²) in [6.07, 6.45) is 1.23. The van der Waals surface area contributed by atoms with Crippen molar-refractivity contribution in [2.45, 2.75) is 32.7 Å². The van der Waals surface area contributed by atoms with Crippen LogP contribution < -0.4 is 11.1 Å². The number of carbonyl (C=O) groups is 1. The van der Waals surface area contributed by atoms with Gasteiger partial charge in [-0.1, -0.05) is 0 Å². The van der Waals surface area contributed by atoms with Gasteiger partial charge in [-0.2, -0.15) is 0 Å². The lowest BCUT2D eigenvalue weighted by Crippen LogP contribution is -2.31. The Morgan fingerprint density at radius 2 is 2.30 bits per heavy atom. The van der Waals surface area contributed by atoms with Crippen molar-refractivity contribution in [1.29, 1.82) is 0 Å². The number of thiophene rings is 1. The first-order chi connectivity index (χ1) is 9.54. The number of hydrogen-bond donors (Lipinski definition) is 2. The van der Waals surface area contributed by atoms with Crippen molar-refractivity contribution >= 4 is 28.6 Å². The SMILES string of the molecule is Cc1nc(-c2ccc(CCNC(=O)CC(C)N)s2)cs1. The topological polar surface area (TPSA) is 68.0 Å². The number of carbonyl (C=O) groups excluding carboxylic acids is 1. The van der Waals surface area contributed by atoms with E-state index in [2.05, 4.69) is 27.8 Å². The Morgan fingerprint density at radius 3 is 2.95 bits per heavy atom. The van der Waals surface area contributed by atoms with Crippen molar-refractivity contribution in [2.24, 2.45) is 5.73 Å². The summed E-state index contributed by atoms with van der Waals surface area (Å²) >= 11 is 3.40. The van der Waals surface area contributed by atoms with Crippen LogP contribution in [0.2, 0.25) is 0 Å². The molecule has 2 aromatic heterocycles. The van der Waals surface area contributed by atoms with Gasteiger partial charge in [0.2, 0.25) is 5.91 Å². The van der Waals surface area contributed by atoms with Crippen LogP contribution in [0.1, 0.15) is 23.2 Å². The molecule has 0 saturated heterocycles. The van der Waals surface area contributed by atoms with E-state index in [0.29, 0.717) is 13.0 Å². The van der Waals surface area contributed by atoms with Gasteiger partial charge in [0, 0.05) is 29.3 Å². The van der Waals surface area contributed by atoms with Crippen LogP contribution in [0.15, 0.2) is 17.5 Å². The van der Waals surface area contributed by atoms with Crippen LogP contribution in [0.4, 0.5) is 0 Å². The fourth-order valence-electron chi connectivity index (χ4n) is 1.82. The molecular weight excluding hydrogens is 290 g/mol. The molecule has 0 aliphatic heterocycles. The van der Waals surface area contributed by atoms with E-state index in [9.17, 15) is 4.79 Å². The number of hydrogen-bond acceptors (Lipinski definition) is 5. The Labute approximate surface area is 127 Å². The molecule has 0 aliphatic rings. The fourth-order valence-corrected chi connectivity index (χ4v) is 3.47. The summed E-state index contributed by atoms with van der Waals surface area (Å²) in [5.41, 5.74) is 6.63. The van der Waals surface area contributed by atoms with Gasteiger partial charge in [-0.05, 0) is 32.4 Å². The molecule has 108 valence electrons. The van der Waals surface area contributed by atoms with E-state index in [4.69, 9.17) is 5.73 Å². The molecule has 4 nitrogen and oxygen atoms in total. The van der Waals surface area contributed by atoms with E-state index >= 15 is 0 Å². The highest BCUT2D eigenvalue weighted by molar-refractivity contribution is 7.16. The highest BCUT2D eigenvalue weighted by atomic mass is 32.1. The molecule has 20 heavy (non-hydrogen) atoms. The number of thiazole rings is 1. The third kappa shape index (κ3) is 4.40. The Kier molecular flexibility index (Phi) is 5.28. The molecule has 0 radical (unpaired) electrons. The quantitative estimate of drug-likeness (QED) is 0.862. The van der Waals surface area contributed by atoms with Gasteiger partial charge in [-0.3, -0.25) is 4.79 Å². The van der Waals surface area contributed by atoms with Gasteiger partial charge in [0.1, 0.15) is 0 Å². The second-order valence-electron chi connectivity index (χ2n) is 4.80. The maximum Gasteiger partial charge on any atom is 0.221 e. The molecule has 2 rings (SSSR count). The fraction of sp³-hybridized carbons (Fsp3) is 0.429. The largest absolute Gasteiger partial charge is 0.356 e. The summed E-state index contributed by atoms with van der Waals surface area (Å²) in [4.78, 5) is 18.4. The van der Waals surface area contributed by atoms with Crippen LogP contribution in [0.5, 0.6) is 0 Å². The molecule has 6 heteroatoms. The molecule has 1 atom stereocenters. The minimum atomic E-state index is -0.0868. The van der Waals surface area contributed by atoms with E-state index in [0.717, 1.165) is 17.1 Å². The predicted octanol–water partition coefficient (Wildman–Crippen LogP) is 2.58. The molecule has 0 aliphatic carbocycles. The van der Waals surface area contributed by atoms with Gasteiger partial charge in [0.15, 0.2) is 0 Å². The van der Waals surface area contributed by atoms with Crippen molar-refractivity contribution < 1.29 is 4.79 Å². The Hall–Kier alpha value is -1.24. The average molecular weight is 309 g/mol. The smallest absolute Gasteiger partial charge is 0.221 e. The number of amides is 1. The summed E-state index contributed by atoms with van der Waals surface area (Å²) in [5.74, 6) is 0.0203. The van der Waals surface area contributed by atoms with Crippen LogP contribution in [0.3, 0.4) is 0 Å². The lowest BCUT2D eigenvalue weighted by Gasteiger charge is -2.06. The molecule has 1 unspecified atom stereocenters. The third-order valence-corrected chi connectivity index (χ3v) is 4.68. The average Bonchev–Trinajstić information content (AvgIpc) is 2.97. The lowest BCUT2D eigenvalue weighted by molar-refractivity contribution is -0.121. The summed E-state index contributed by atoms with van der Waals surface area (Å²) < 4.78 is 0. The van der Waals surface area contributed by atoms with Gasteiger partial charge in [-0.15, -0.1) is 22.7 Å². The molecular formula is C14H19N3OS2. The Bertz CT molecular complexity index is 574. The molecule has 2 heterocycles. The number of nitrogens with two attached hydrogens (primary N) is 1. The van der Waals surface area contributed by atoms with E-state index in [1.54, 1.807) is 22.7 Å². The van der Waals surface area contributed by atoms with Crippen LogP contribution in [-0.2, 0) is 11.2 Å². The molecule has 0 aromatic carbocycles. The highest BCUT2D eigenvalue weighted by Crippen LogP contribution is 2.29. The monoisotopic (exact) mass is 309 g/mol. The summed E-state index contributed by atoms with van der Waals surface area (Å²) in [6, 6.07) is 4.11. The first-order valence-electron chi connectivity index (χ1n) is 6.58. The van der Waals surface area contributed by atoms with Crippen molar-refractivity contribution in [3.8, 4) is 10.6 Å². The predicted molar refractivity (Wildman–Crippen MR) is 85.1 cm³/mol. The van der Waals surface area contributed by atoms with Crippen LogP contribution >= 0.6 is 22.7 Å². The van der Waals surface area contributed by atoms with Crippen LogP contribution in [0, 0.1) is 6.92 Å². The summed E-state index contributed by atoms with van der Waals surface area (Å²) in [6.45, 7) is 4.50. The molecule has 2 aromatic rings. The zero-order valence-corrected chi connectivity index (χ0v) is 13.3. The number of rotatable bonds is 6. The van der Waals surface area contributed by atoms with Crippen molar-refractivity contribution in [1.82, 2.24) is 10.3 Å². The van der Waals surface area contributed by atoms with E-state index in [1.165, 1.54) is 9.75 Å². The number of nitrogens with one attached hydrogen (secondary N) is 1. The second-order valence-corrected chi connectivity index (χ2v) is 7.03. The van der Waals surface area contributed by atoms with Gasteiger partial charge in [-0.25, -0.2) is 4.98 Å². The number of aromatic nitrogens is 1. The third-order valence-electron chi connectivity index (χ3n) is 2.73. The standard InChI is InChI=1S/C14H19N3OS2/c1-9(15)7-14(18)16-6-5-11-3-4-13(20-11)12-8-19-10(2)17-12/h3-4,8-9H,5-7,15H2,1-2H3,(H,16,18). The Balaban J connectivity index is 1.83. The van der Waals surface area contributed by atoms with Gasteiger partial charge < -0.3 is 11.1 Å². The molecule has 0 bridgehead atoms. The molecule has 0 fully saturated rings. The van der Waals surface area contributed by atoms with Crippen LogP contribution in [0.25, 0.3) is 10.6 Å². The zero-order chi connectivity index (χ0) is 14.5. The lowest BCUT2D eigenvalue weighted by atomic mass is 10.2. The van der Waals surface area contributed by atoms with Gasteiger partial charge >= 0.3 is 0 Å². The van der Waals surface area contributed by atoms with Crippen LogP contribution in [-0.4, -0.2) is 23.5 Å². The number of nitrogens with zero attached hydrogens (tertiary/aromatic N) is 1. The summed E-state index contributed by atoms with van der Waals surface area (Å²) in [5, 5.41) is 6.05. The zero-order valence-electron chi connectivity index (χ0n) is 11.7. The van der Waals surface area contributed by atoms with Gasteiger partial charge in [0.05, 0.1) is 15.6 Å². The van der Waals surface area contributed by atoms with Crippen molar-refractivity contribution in [3.63, 3.8) is 0 Å². The minimum Gasteiger partial charge on any atom is -0.356 e. The maximum atomic E-state index is 11.5. The van der Waals surface area contributed by atoms with E-state index in [-0.39, 0.29) is 11.9 Å². The molecule has 1 amide bonds. The number of aryl methyl sites for hydroxylation is 1. The van der Waals surface area contributed by atoms with E-state index in [1.807, 2.05) is 13.8 Å². The van der Waals surface area contributed by atoms with E-state index < -0.39 is 0 Å². The first kappa shape index (κ1) is 15.2. The molecule has 3 N–H and O–H groups in total. The highest BCUT2D eigenvalue weighted by Gasteiger charge is 2.07. The normalized spacial score (nSPS) is 12.3.